The number of aromatic hydroxyl groups is 2. The smallest absolute Gasteiger partial charge is 0.352 e. The van der Waals surface area contributed by atoms with Crippen LogP contribution in [0.15, 0.2) is 17.8 Å². The summed E-state index contributed by atoms with van der Waals surface area (Å²) in [6.07, 6.45) is 2.92. The number of carboxylic acid groups (broad SMARTS) is 1. The van der Waals surface area contributed by atoms with Crippen LogP contribution >= 0.6 is 11.6 Å². The topological polar surface area (TPSA) is 208 Å². The van der Waals surface area contributed by atoms with Crippen molar-refractivity contribution in [3.8, 4) is 11.5 Å². The van der Waals surface area contributed by atoms with Crippen LogP contribution in [-0.4, -0.2) is 62.4 Å². The summed E-state index contributed by atoms with van der Waals surface area (Å²) in [5.74, 6) is -4.12. The van der Waals surface area contributed by atoms with E-state index in [4.69, 9.17) is 23.1 Å². The molecule has 0 spiro atoms. The monoisotopic (exact) mass is 486 g/mol. The SMILES string of the molecule is CC(C)(O)[C@H](NC(=O)C[C@@H](N)CCCCN)C(=O)N/C(=C\c1cc(O)c(Cl)c(O)c1)C(=O)O. The van der Waals surface area contributed by atoms with Crippen LogP contribution in [0.2, 0.25) is 5.02 Å². The number of phenols is 2. The van der Waals surface area contributed by atoms with E-state index in [-0.39, 0.29) is 17.0 Å². The van der Waals surface area contributed by atoms with Crippen molar-refractivity contribution in [3.63, 3.8) is 0 Å². The van der Waals surface area contributed by atoms with E-state index in [1.165, 1.54) is 13.8 Å². The van der Waals surface area contributed by atoms with E-state index in [0.717, 1.165) is 31.1 Å². The molecule has 0 saturated carbocycles. The molecule has 0 saturated heterocycles. The van der Waals surface area contributed by atoms with Crippen LogP contribution in [-0.2, 0) is 14.4 Å². The molecule has 0 aliphatic carbocycles. The van der Waals surface area contributed by atoms with Gasteiger partial charge in [0.15, 0.2) is 0 Å². The summed E-state index contributed by atoms with van der Waals surface area (Å²) in [4.78, 5) is 36.8. The maximum Gasteiger partial charge on any atom is 0.352 e. The normalized spacial score (nSPS) is 13.8. The second kappa shape index (κ2) is 12.4. The van der Waals surface area contributed by atoms with Gasteiger partial charge in [0.25, 0.3) is 0 Å². The van der Waals surface area contributed by atoms with Crippen LogP contribution in [0.5, 0.6) is 11.5 Å². The molecule has 0 bridgehead atoms. The lowest BCUT2D eigenvalue weighted by Gasteiger charge is -2.29. The van der Waals surface area contributed by atoms with Crippen molar-refractivity contribution in [2.24, 2.45) is 11.5 Å². The third kappa shape index (κ3) is 9.26. The third-order valence-corrected chi connectivity index (χ3v) is 4.99. The molecule has 1 aromatic rings. The number of aliphatic carboxylic acids is 1. The lowest BCUT2D eigenvalue weighted by molar-refractivity contribution is -0.137. The first-order valence-electron chi connectivity index (χ1n) is 10.2. The molecule has 0 heterocycles. The first-order chi connectivity index (χ1) is 15.3. The zero-order valence-electron chi connectivity index (χ0n) is 18.5. The van der Waals surface area contributed by atoms with E-state index < -0.39 is 52.7 Å². The van der Waals surface area contributed by atoms with E-state index in [1.807, 2.05) is 0 Å². The molecule has 0 fully saturated rings. The predicted octanol–water partition coefficient (Wildman–Crippen LogP) is 0.395. The number of aliphatic hydroxyl groups is 1. The number of halogens is 1. The second-order valence-corrected chi connectivity index (χ2v) is 8.51. The highest BCUT2D eigenvalue weighted by atomic mass is 35.5. The molecule has 0 unspecified atom stereocenters. The summed E-state index contributed by atoms with van der Waals surface area (Å²) in [7, 11) is 0. The number of hydrogen-bond donors (Lipinski definition) is 8. The number of carboxylic acids is 1. The Morgan fingerprint density at radius 1 is 1.18 bits per heavy atom. The van der Waals surface area contributed by atoms with Gasteiger partial charge >= 0.3 is 5.97 Å². The Hall–Kier alpha value is -2.86. The minimum Gasteiger partial charge on any atom is -0.506 e. The summed E-state index contributed by atoms with van der Waals surface area (Å²) in [5.41, 5.74) is 8.99. The Morgan fingerprint density at radius 3 is 2.24 bits per heavy atom. The molecular formula is C21H31ClN4O7. The molecule has 2 atom stereocenters. The highest BCUT2D eigenvalue weighted by Crippen LogP contribution is 2.34. The van der Waals surface area contributed by atoms with Crippen LogP contribution in [0.4, 0.5) is 0 Å². The van der Waals surface area contributed by atoms with Gasteiger partial charge in [0.2, 0.25) is 11.8 Å². The molecule has 0 aliphatic heterocycles. The maximum absolute atomic E-state index is 12.8. The summed E-state index contributed by atoms with van der Waals surface area (Å²) in [6.45, 7) is 3.06. The fourth-order valence-electron chi connectivity index (χ4n) is 2.90. The Balaban J connectivity index is 3.01. The van der Waals surface area contributed by atoms with Crippen LogP contribution in [0, 0.1) is 0 Å². The van der Waals surface area contributed by atoms with E-state index in [2.05, 4.69) is 10.6 Å². The zero-order valence-corrected chi connectivity index (χ0v) is 19.2. The van der Waals surface area contributed by atoms with Gasteiger partial charge < -0.3 is 42.5 Å². The number of unbranched alkanes of at least 4 members (excludes halogenated alkanes) is 1. The van der Waals surface area contributed by atoms with E-state index in [0.29, 0.717) is 13.0 Å². The molecule has 33 heavy (non-hydrogen) atoms. The van der Waals surface area contributed by atoms with E-state index in [9.17, 15) is 34.8 Å². The predicted molar refractivity (Wildman–Crippen MR) is 122 cm³/mol. The maximum atomic E-state index is 12.8. The quantitative estimate of drug-likeness (QED) is 0.151. The minimum absolute atomic E-state index is 0.0272. The van der Waals surface area contributed by atoms with Crippen LogP contribution in [0.25, 0.3) is 6.08 Å². The van der Waals surface area contributed by atoms with Gasteiger partial charge in [-0.25, -0.2) is 4.79 Å². The Kier molecular flexibility index (Phi) is 10.6. The first kappa shape index (κ1) is 28.2. The van der Waals surface area contributed by atoms with Crippen molar-refractivity contribution in [2.45, 2.75) is 57.2 Å². The number of benzene rings is 1. The van der Waals surface area contributed by atoms with Crippen LogP contribution in [0.3, 0.4) is 0 Å². The Labute approximate surface area is 196 Å². The van der Waals surface area contributed by atoms with Gasteiger partial charge in [-0.3, -0.25) is 9.59 Å². The fourth-order valence-corrected chi connectivity index (χ4v) is 3.00. The Bertz CT molecular complexity index is 876. The number of hydrogen-bond acceptors (Lipinski definition) is 8. The molecule has 10 N–H and O–H groups in total. The summed E-state index contributed by atoms with van der Waals surface area (Å²) >= 11 is 5.66. The van der Waals surface area contributed by atoms with Gasteiger partial charge in [-0.05, 0) is 57.0 Å². The largest absolute Gasteiger partial charge is 0.506 e. The second-order valence-electron chi connectivity index (χ2n) is 8.13. The molecule has 0 aliphatic rings. The molecular weight excluding hydrogens is 456 g/mol. The van der Waals surface area contributed by atoms with Crippen molar-refractivity contribution in [3.05, 3.63) is 28.4 Å². The molecule has 0 radical (unpaired) electrons. The van der Waals surface area contributed by atoms with Gasteiger partial charge in [-0.2, -0.15) is 0 Å². The number of rotatable bonds is 12. The van der Waals surface area contributed by atoms with Gasteiger partial charge in [0.1, 0.15) is 28.3 Å². The number of phenolic OH excluding ortho intramolecular Hbond substituents is 2. The zero-order chi connectivity index (χ0) is 25.3. The lowest BCUT2D eigenvalue weighted by atomic mass is 9.97. The van der Waals surface area contributed by atoms with Crippen molar-refractivity contribution in [1.82, 2.24) is 10.6 Å². The third-order valence-electron chi connectivity index (χ3n) is 4.61. The van der Waals surface area contributed by atoms with Crippen LogP contribution < -0.4 is 22.1 Å². The first-order valence-corrected chi connectivity index (χ1v) is 10.6. The van der Waals surface area contributed by atoms with Crippen molar-refractivity contribution >= 4 is 35.5 Å². The summed E-state index contributed by atoms with van der Waals surface area (Å²) in [5, 5.41) is 43.4. The van der Waals surface area contributed by atoms with Gasteiger partial charge in [-0.15, -0.1) is 0 Å². The average Bonchev–Trinajstić information content (AvgIpc) is 2.68. The van der Waals surface area contributed by atoms with Crippen molar-refractivity contribution in [2.75, 3.05) is 6.54 Å². The number of amides is 2. The van der Waals surface area contributed by atoms with E-state index >= 15 is 0 Å². The van der Waals surface area contributed by atoms with Crippen molar-refractivity contribution < 1.29 is 34.8 Å². The highest BCUT2D eigenvalue weighted by molar-refractivity contribution is 6.33. The highest BCUT2D eigenvalue weighted by Gasteiger charge is 2.36. The lowest BCUT2D eigenvalue weighted by Crippen LogP contribution is -2.58. The number of carbonyl (C=O) groups excluding carboxylic acids is 2. The molecule has 12 heteroatoms. The fraction of sp³-hybridized carbons (Fsp3) is 0.476. The van der Waals surface area contributed by atoms with E-state index in [1.54, 1.807) is 0 Å². The molecule has 2 amide bonds. The molecule has 1 aromatic carbocycles. The molecule has 11 nitrogen and oxygen atoms in total. The molecule has 184 valence electrons. The van der Waals surface area contributed by atoms with Crippen molar-refractivity contribution in [1.29, 1.82) is 0 Å². The standard InChI is InChI=1S/C21H31ClN4O7/c1-21(2,33)18(26-16(29)10-12(24)5-3-4-6-23)19(30)25-13(20(31)32)7-11-8-14(27)17(22)15(28)9-11/h7-9,12,18,27-28,33H,3-6,10,23-24H2,1-2H3,(H,25,30)(H,26,29)(H,31,32)/b13-7-/t12-,18+/m0/s1. The summed E-state index contributed by atoms with van der Waals surface area (Å²) < 4.78 is 0. The Morgan fingerprint density at radius 2 is 1.76 bits per heavy atom. The number of carbonyl (C=O) groups is 3. The average molecular weight is 487 g/mol. The van der Waals surface area contributed by atoms with Gasteiger partial charge in [0.05, 0.1) is 5.60 Å². The number of nitrogens with one attached hydrogen (secondary N) is 2. The summed E-state index contributed by atoms with van der Waals surface area (Å²) in [6, 6.07) is 0.189. The molecule has 1 rings (SSSR count). The van der Waals surface area contributed by atoms with Crippen LogP contribution in [0.1, 0.15) is 45.1 Å². The van der Waals surface area contributed by atoms with Gasteiger partial charge in [0, 0.05) is 12.5 Å². The number of nitrogens with two attached hydrogens (primary N) is 2. The molecule has 0 aromatic heterocycles. The van der Waals surface area contributed by atoms with Gasteiger partial charge in [-0.1, -0.05) is 18.0 Å². The minimum atomic E-state index is -1.75.